The molecule has 132 valence electrons. The highest BCUT2D eigenvalue weighted by Gasteiger charge is 2.62. The van der Waals surface area contributed by atoms with Gasteiger partial charge in [0, 0.05) is 13.1 Å². The number of imide groups is 1. The number of nitrogens with zero attached hydrogens (tertiary/aromatic N) is 2. The van der Waals surface area contributed by atoms with E-state index in [1.165, 1.54) is 4.90 Å². The maximum Gasteiger partial charge on any atom is 0.240 e. The fourth-order valence-corrected chi connectivity index (χ4v) is 4.96. The molecule has 0 spiro atoms. The summed E-state index contributed by atoms with van der Waals surface area (Å²) in [5, 5.41) is 0.552. The van der Waals surface area contributed by atoms with Gasteiger partial charge in [0.2, 0.25) is 11.8 Å². The van der Waals surface area contributed by atoms with E-state index >= 15 is 0 Å². The predicted octanol–water partition coefficient (Wildman–Crippen LogP) is 1.84. The van der Waals surface area contributed by atoms with Crippen molar-refractivity contribution >= 4 is 34.8 Å². The first-order valence-corrected chi connectivity index (χ1v) is 9.18. The SMILES string of the molecule is O=C1C2C3CCC(O3)C2C(=O)N1c1ccc(N2CCOCC2)c(Cl)c1. The zero-order valence-corrected chi connectivity index (χ0v) is 14.4. The average Bonchev–Trinajstić information content (AvgIpc) is 3.30. The highest BCUT2D eigenvalue weighted by molar-refractivity contribution is 6.34. The zero-order valence-electron chi connectivity index (χ0n) is 13.7. The third-order valence-electron chi connectivity index (χ3n) is 5.83. The minimum absolute atomic E-state index is 0.0976. The molecule has 4 heterocycles. The van der Waals surface area contributed by atoms with Crippen LogP contribution >= 0.6 is 11.6 Å². The first kappa shape index (κ1) is 15.6. The van der Waals surface area contributed by atoms with Gasteiger partial charge in [-0.25, -0.2) is 4.90 Å². The summed E-state index contributed by atoms with van der Waals surface area (Å²) in [4.78, 5) is 29.2. The summed E-state index contributed by atoms with van der Waals surface area (Å²) in [6, 6.07) is 5.44. The van der Waals surface area contributed by atoms with Gasteiger partial charge in [-0.15, -0.1) is 0 Å². The van der Waals surface area contributed by atoms with Crippen LogP contribution in [0.3, 0.4) is 0 Å². The summed E-state index contributed by atoms with van der Waals surface area (Å²) in [5.74, 6) is -0.914. The highest BCUT2D eigenvalue weighted by atomic mass is 35.5. The summed E-state index contributed by atoms with van der Waals surface area (Å²) < 4.78 is 11.1. The number of carbonyl (C=O) groups excluding carboxylic acids is 2. The molecule has 0 N–H and O–H groups in total. The van der Waals surface area contributed by atoms with E-state index in [2.05, 4.69) is 4.90 Å². The number of anilines is 2. The number of benzene rings is 1. The number of halogens is 1. The van der Waals surface area contributed by atoms with Gasteiger partial charge >= 0.3 is 0 Å². The Morgan fingerprint density at radius 3 is 2.24 bits per heavy atom. The van der Waals surface area contributed by atoms with Crippen LogP contribution in [0.25, 0.3) is 0 Å². The standard InChI is InChI=1S/C18H19ClN2O4/c19-11-9-10(1-2-12(11)20-5-7-24-8-6-20)21-17(22)15-13-3-4-14(25-13)16(15)18(21)23/h1-2,9,13-16H,3-8H2. The molecule has 1 aromatic rings. The van der Waals surface area contributed by atoms with Crippen LogP contribution in [0.5, 0.6) is 0 Å². The van der Waals surface area contributed by atoms with E-state index in [-0.39, 0.29) is 35.9 Å². The van der Waals surface area contributed by atoms with E-state index in [1.54, 1.807) is 6.07 Å². The smallest absolute Gasteiger partial charge is 0.240 e. The van der Waals surface area contributed by atoms with Crippen LogP contribution < -0.4 is 9.80 Å². The van der Waals surface area contributed by atoms with Gasteiger partial charge in [-0.05, 0) is 31.0 Å². The predicted molar refractivity (Wildman–Crippen MR) is 91.9 cm³/mol. The molecule has 25 heavy (non-hydrogen) atoms. The molecule has 0 aromatic heterocycles. The van der Waals surface area contributed by atoms with Crippen molar-refractivity contribution in [2.75, 3.05) is 36.1 Å². The quantitative estimate of drug-likeness (QED) is 0.751. The van der Waals surface area contributed by atoms with Crippen molar-refractivity contribution in [3.8, 4) is 0 Å². The van der Waals surface area contributed by atoms with Crippen molar-refractivity contribution in [2.24, 2.45) is 11.8 Å². The molecular formula is C18H19ClN2O4. The van der Waals surface area contributed by atoms with E-state index in [0.29, 0.717) is 23.9 Å². The largest absolute Gasteiger partial charge is 0.378 e. The lowest BCUT2D eigenvalue weighted by Crippen LogP contribution is -2.36. The molecule has 4 atom stereocenters. The summed E-state index contributed by atoms with van der Waals surface area (Å²) in [6.07, 6.45) is 1.55. The Kier molecular flexibility index (Phi) is 3.55. The maximum atomic E-state index is 12.8. The number of fused-ring (bicyclic) bond motifs is 5. The van der Waals surface area contributed by atoms with Gasteiger partial charge in [0.1, 0.15) is 0 Å². The van der Waals surface area contributed by atoms with Crippen LogP contribution in [0, 0.1) is 11.8 Å². The fraction of sp³-hybridized carbons (Fsp3) is 0.556. The molecule has 4 aliphatic heterocycles. The molecule has 4 saturated heterocycles. The first-order chi connectivity index (χ1) is 12.1. The van der Waals surface area contributed by atoms with E-state index in [1.807, 2.05) is 12.1 Å². The Morgan fingerprint density at radius 2 is 1.64 bits per heavy atom. The van der Waals surface area contributed by atoms with Crippen molar-refractivity contribution in [2.45, 2.75) is 25.0 Å². The van der Waals surface area contributed by atoms with Crippen molar-refractivity contribution < 1.29 is 19.1 Å². The molecular weight excluding hydrogens is 344 g/mol. The molecule has 2 amide bonds. The maximum absolute atomic E-state index is 12.8. The van der Waals surface area contributed by atoms with Gasteiger partial charge in [-0.2, -0.15) is 0 Å². The lowest BCUT2D eigenvalue weighted by atomic mass is 9.81. The normalized spacial score (nSPS) is 34.1. The number of ether oxygens (including phenoxy) is 2. The van der Waals surface area contributed by atoms with Crippen LogP contribution in [-0.2, 0) is 19.1 Å². The Hall–Kier alpha value is -1.63. The minimum atomic E-state index is -0.316. The molecule has 0 saturated carbocycles. The summed E-state index contributed by atoms with van der Waals surface area (Å²) in [7, 11) is 0. The Balaban J connectivity index is 1.45. The molecule has 2 bridgehead atoms. The average molecular weight is 363 g/mol. The molecule has 4 unspecified atom stereocenters. The second kappa shape index (κ2) is 5.69. The van der Waals surface area contributed by atoms with Crippen LogP contribution in [0.4, 0.5) is 11.4 Å². The fourth-order valence-electron chi connectivity index (χ4n) is 4.66. The third kappa shape index (κ3) is 2.24. The topological polar surface area (TPSA) is 59.1 Å². The van der Waals surface area contributed by atoms with Gasteiger partial charge in [0.05, 0.1) is 53.7 Å². The number of rotatable bonds is 2. The Bertz CT molecular complexity index is 721. The van der Waals surface area contributed by atoms with Crippen LogP contribution in [-0.4, -0.2) is 50.3 Å². The van der Waals surface area contributed by atoms with Crippen LogP contribution in [0.15, 0.2) is 18.2 Å². The highest BCUT2D eigenvalue weighted by Crippen LogP contribution is 2.49. The summed E-state index contributed by atoms with van der Waals surface area (Å²) in [5.41, 5.74) is 1.47. The number of amides is 2. The van der Waals surface area contributed by atoms with E-state index in [0.717, 1.165) is 31.6 Å². The third-order valence-corrected chi connectivity index (χ3v) is 6.13. The van der Waals surface area contributed by atoms with Gasteiger partial charge in [-0.1, -0.05) is 11.6 Å². The molecule has 1 aromatic carbocycles. The second-order valence-electron chi connectivity index (χ2n) is 7.09. The van der Waals surface area contributed by atoms with Crippen molar-refractivity contribution in [1.82, 2.24) is 0 Å². The van der Waals surface area contributed by atoms with Crippen molar-refractivity contribution in [3.63, 3.8) is 0 Å². The Labute approximate surface area is 150 Å². The monoisotopic (exact) mass is 362 g/mol. The Morgan fingerprint density at radius 1 is 1.00 bits per heavy atom. The number of carbonyl (C=O) groups is 2. The first-order valence-electron chi connectivity index (χ1n) is 8.80. The molecule has 4 fully saturated rings. The lowest BCUT2D eigenvalue weighted by Gasteiger charge is -2.30. The molecule has 5 rings (SSSR count). The summed E-state index contributed by atoms with van der Waals surface area (Å²) in [6.45, 7) is 2.91. The zero-order chi connectivity index (χ0) is 17.1. The molecule has 6 nitrogen and oxygen atoms in total. The van der Waals surface area contributed by atoms with Crippen LogP contribution in [0.2, 0.25) is 5.02 Å². The van der Waals surface area contributed by atoms with Gasteiger partial charge < -0.3 is 14.4 Å². The summed E-state index contributed by atoms with van der Waals surface area (Å²) >= 11 is 6.47. The number of hydrogen-bond donors (Lipinski definition) is 0. The molecule has 0 aliphatic carbocycles. The molecule has 7 heteroatoms. The lowest BCUT2D eigenvalue weighted by molar-refractivity contribution is -0.124. The van der Waals surface area contributed by atoms with E-state index in [9.17, 15) is 9.59 Å². The number of morpholine rings is 1. The van der Waals surface area contributed by atoms with Crippen molar-refractivity contribution in [3.05, 3.63) is 23.2 Å². The van der Waals surface area contributed by atoms with E-state index < -0.39 is 0 Å². The molecule has 4 aliphatic rings. The second-order valence-corrected chi connectivity index (χ2v) is 7.50. The van der Waals surface area contributed by atoms with Gasteiger partial charge in [0.25, 0.3) is 0 Å². The van der Waals surface area contributed by atoms with E-state index in [4.69, 9.17) is 21.1 Å². The number of hydrogen-bond acceptors (Lipinski definition) is 5. The van der Waals surface area contributed by atoms with Crippen LogP contribution in [0.1, 0.15) is 12.8 Å². The minimum Gasteiger partial charge on any atom is -0.378 e. The van der Waals surface area contributed by atoms with Gasteiger partial charge in [0.15, 0.2) is 0 Å². The molecule has 0 radical (unpaired) electrons. The van der Waals surface area contributed by atoms with Gasteiger partial charge in [-0.3, -0.25) is 9.59 Å². The van der Waals surface area contributed by atoms with Crippen molar-refractivity contribution in [1.29, 1.82) is 0 Å².